The van der Waals surface area contributed by atoms with E-state index in [-0.39, 0.29) is 11.2 Å². The van der Waals surface area contributed by atoms with Gasteiger partial charge in [0.2, 0.25) is 0 Å². The van der Waals surface area contributed by atoms with E-state index in [0.717, 1.165) is 39.7 Å². The van der Waals surface area contributed by atoms with Crippen LogP contribution in [0.25, 0.3) is 11.3 Å². The van der Waals surface area contributed by atoms with Crippen LogP contribution in [-0.2, 0) is 12.8 Å². The van der Waals surface area contributed by atoms with Gasteiger partial charge in [0.05, 0.1) is 5.56 Å². The first kappa shape index (κ1) is 21.8. The molecule has 0 saturated heterocycles. The molecule has 162 valence electrons. The van der Waals surface area contributed by atoms with Gasteiger partial charge in [-0.15, -0.1) is 11.3 Å². The summed E-state index contributed by atoms with van der Waals surface area (Å²) in [5.74, 6) is 0.425. The molecule has 0 fully saturated rings. The van der Waals surface area contributed by atoms with Crippen LogP contribution < -0.4 is 11.1 Å². The van der Waals surface area contributed by atoms with Crippen molar-refractivity contribution < 1.29 is 14.0 Å². The molecule has 31 heavy (non-hydrogen) atoms. The molecule has 3 N–H and O–H groups in total. The van der Waals surface area contributed by atoms with Gasteiger partial charge < -0.3 is 15.5 Å². The number of furan rings is 1. The molecule has 1 aliphatic rings. The SMILES string of the molecule is CC(C)(C)[C@@H]1CCc2c(sc(NC(=O)c3ccc(-c4ccc(Br)cc4)o3)c2C(N)=O)C1. The van der Waals surface area contributed by atoms with Crippen LogP contribution >= 0.6 is 27.3 Å². The maximum Gasteiger partial charge on any atom is 0.292 e. The second kappa shape index (κ2) is 8.28. The van der Waals surface area contributed by atoms with Crippen molar-refractivity contribution in [3.8, 4) is 11.3 Å². The van der Waals surface area contributed by atoms with Gasteiger partial charge in [0.1, 0.15) is 10.8 Å². The predicted octanol–water partition coefficient (Wildman–Crippen LogP) is 6.27. The average molecular weight is 501 g/mol. The zero-order valence-corrected chi connectivity index (χ0v) is 20.2. The number of halogens is 1. The van der Waals surface area contributed by atoms with Crippen molar-refractivity contribution in [3.05, 3.63) is 62.6 Å². The van der Waals surface area contributed by atoms with E-state index in [0.29, 0.717) is 22.2 Å². The van der Waals surface area contributed by atoms with Crippen LogP contribution in [0.4, 0.5) is 5.00 Å². The molecule has 4 rings (SSSR count). The molecule has 0 aliphatic heterocycles. The van der Waals surface area contributed by atoms with Crippen LogP contribution in [0, 0.1) is 11.3 Å². The van der Waals surface area contributed by atoms with E-state index in [1.165, 1.54) is 11.3 Å². The van der Waals surface area contributed by atoms with Gasteiger partial charge in [-0.1, -0.05) is 48.8 Å². The van der Waals surface area contributed by atoms with Crippen LogP contribution in [0.2, 0.25) is 0 Å². The third-order valence-electron chi connectivity index (χ3n) is 5.92. The summed E-state index contributed by atoms with van der Waals surface area (Å²) >= 11 is 4.87. The Morgan fingerprint density at radius 2 is 1.87 bits per heavy atom. The van der Waals surface area contributed by atoms with E-state index in [2.05, 4.69) is 42.0 Å². The third kappa shape index (κ3) is 4.48. The monoisotopic (exact) mass is 500 g/mol. The number of benzene rings is 1. The molecule has 0 radical (unpaired) electrons. The molecular formula is C24H25BrN2O3S. The number of amides is 2. The molecular weight excluding hydrogens is 476 g/mol. The Kier molecular flexibility index (Phi) is 5.83. The third-order valence-corrected chi connectivity index (χ3v) is 7.62. The minimum absolute atomic E-state index is 0.187. The topological polar surface area (TPSA) is 85.3 Å². The van der Waals surface area contributed by atoms with E-state index in [1.54, 1.807) is 12.1 Å². The first-order valence-electron chi connectivity index (χ1n) is 10.2. The fourth-order valence-corrected chi connectivity index (χ4v) is 5.66. The maximum absolute atomic E-state index is 12.9. The van der Waals surface area contributed by atoms with E-state index in [4.69, 9.17) is 10.2 Å². The lowest BCUT2D eigenvalue weighted by atomic mass is 9.72. The number of fused-ring (bicyclic) bond motifs is 1. The van der Waals surface area contributed by atoms with Crippen LogP contribution in [0.1, 0.15) is 58.5 Å². The summed E-state index contributed by atoms with van der Waals surface area (Å²) in [5.41, 5.74) is 8.20. The fraction of sp³-hybridized carbons (Fsp3) is 0.333. The van der Waals surface area contributed by atoms with Crippen molar-refractivity contribution in [1.29, 1.82) is 0 Å². The quantitative estimate of drug-likeness (QED) is 0.442. The van der Waals surface area contributed by atoms with Gasteiger partial charge >= 0.3 is 0 Å². The highest BCUT2D eigenvalue weighted by molar-refractivity contribution is 9.10. The van der Waals surface area contributed by atoms with Gasteiger partial charge in [-0.3, -0.25) is 9.59 Å². The van der Waals surface area contributed by atoms with Crippen LogP contribution in [-0.4, -0.2) is 11.8 Å². The highest BCUT2D eigenvalue weighted by Gasteiger charge is 2.33. The van der Waals surface area contributed by atoms with Crippen molar-refractivity contribution in [1.82, 2.24) is 0 Å². The van der Waals surface area contributed by atoms with Gasteiger partial charge in [-0.2, -0.15) is 0 Å². The highest BCUT2D eigenvalue weighted by Crippen LogP contribution is 2.44. The Balaban J connectivity index is 1.58. The van der Waals surface area contributed by atoms with Crippen LogP contribution in [0.5, 0.6) is 0 Å². The summed E-state index contributed by atoms with van der Waals surface area (Å²) in [4.78, 5) is 26.2. The molecule has 0 unspecified atom stereocenters. The molecule has 2 heterocycles. The Morgan fingerprint density at radius 3 is 2.52 bits per heavy atom. The first-order chi connectivity index (χ1) is 14.6. The van der Waals surface area contributed by atoms with Crippen LogP contribution in [0.15, 0.2) is 45.3 Å². The predicted molar refractivity (Wildman–Crippen MR) is 128 cm³/mol. The van der Waals surface area contributed by atoms with Crippen molar-refractivity contribution >= 4 is 44.1 Å². The number of thiophene rings is 1. The second-order valence-corrected chi connectivity index (χ2v) is 11.0. The molecule has 0 bridgehead atoms. The van der Waals surface area contributed by atoms with E-state index < -0.39 is 11.8 Å². The Morgan fingerprint density at radius 1 is 1.16 bits per heavy atom. The number of rotatable bonds is 4. The molecule has 2 amide bonds. The maximum atomic E-state index is 12.9. The summed E-state index contributed by atoms with van der Waals surface area (Å²) in [6.07, 6.45) is 2.71. The number of carbonyl (C=O) groups excluding carboxylic acids is 2. The number of hydrogen-bond acceptors (Lipinski definition) is 4. The number of anilines is 1. The summed E-state index contributed by atoms with van der Waals surface area (Å²) in [5, 5.41) is 3.38. The molecule has 0 saturated carbocycles. The standard InChI is InChI=1S/C24H25BrN2O3S/c1-24(2,3)14-6-9-16-19(12-14)31-23(20(16)21(26)28)27-22(29)18-11-10-17(30-18)13-4-7-15(25)8-5-13/h4-5,7-8,10-11,14H,6,9,12H2,1-3H3,(H2,26,28)(H,27,29)/t14-/m1/s1. The second-order valence-electron chi connectivity index (χ2n) is 9.00. The Bertz CT molecular complexity index is 1140. The molecule has 0 spiro atoms. The van der Waals surface area contributed by atoms with Gasteiger partial charge in [0.25, 0.3) is 11.8 Å². The summed E-state index contributed by atoms with van der Waals surface area (Å²) < 4.78 is 6.74. The first-order valence-corrected chi connectivity index (χ1v) is 11.9. The lowest BCUT2D eigenvalue weighted by Crippen LogP contribution is -2.27. The largest absolute Gasteiger partial charge is 0.451 e. The molecule has 1 aliphatic carbocycles. The zero-order chi connectivity index (χ0) is 22.3. The number of carbonyl (C=O) groups is 2. The smallest absolute Gasteiger partial charge is 0.292 e. The number of hydrogen-bond donors (Lipinski definition) is 2. The zero-order valence-electron chi connectivity index (χ0n) is 17.8. The van der Waals surface area contributed by atoms with E-state index >= 15 is 0 Å². The summed E-state index contributed by atoms with van der Waals surface area (Å²) in [6.45, 7) is 6.73. The summed E-state index contributed by atoms with van der Waals surface area (Å²) in [7, 11) is 0. The minimum Gasteiger partial charge on any atom is -0.451 e. The van der Waals surface area contributed by atoms with E-state index in [1.807, 2.05) is 24.3 Å². The number of primary amides is 1. The van der Waals surface area contributed by atoms with Gasteiger partial charge in [0.15, 0.2) is 5.76 Å². The van der Waals surface area contributed by atoms with Gasteiger partial charge in [-0.05, 0) is 60.4 Å². The molecule has 7 heteroatoms. The average Bonchev–Trinajstić information content (AvgIpc) is 3.32. The Hall–Kier alpha value is -2.38. The van der Waals surface area contributed by atoms with Gasteiger partial charge in [0, 0.05) is 14.9 Å². The van der Waals surface area contributed by atoms with Crippen molar-refractivity contribution in [2.75, 3.05) is 5.32 Å². The Labute approximate surface area is 194 Å². The fourth-order valence-electron chi connectivity index (χ4n) is 4.07. The minimum atomic E-state index is -0.503. The molecule has 3 aromatic rings. The summed E-state index contributed by atoms with van der Waals surface area (Å²) in [6, 6.07) is 11.1. The highest BCUT2D eigenvalue weighted by atomic mass is 79.9. The van der Waals surface area contributed by atoms with Crippen molar-refractivity contribution in [2.24, 2.45) is 17.1 Å². The van der Waals surface area contributed by atoms with Crippen LogP contribution in [0.3, 0.4) is 0 Å². The number of nitrogens with two attached hydrogens (primary N) is 1. The van der Waals surface area contributed by atoms with Crippen molar-refractivity contribution in [2.45, 2.75) is 40.0 Å². The molecule has 2 aromatic heterocycles. The van der Waals surface area contributed by atoms with Gasteiger partial charge in [-0.25, -0.2) is 0 Å². The normalized spacial score (nSPS) is 16.1. The molecule has 5 nitrogen and oxygen atoms in total. The number of nitrogens with one attached hydrogen (secondary N) is 1. The van der Waals surface area contributed by atoms with Crippen molar-refractivity contribution in [3.63, 3.8) is 0 Å². The lowest BCUT2D eigenvalue weighted by molar-refractivity contribution is 0.0997. The molecule has 1 atom stereocenters. The lowest BCUT2D eigenvalue weighted by Gasteiger charge is -2.33. The molecule has 1 aromatic carbocycles. The van der Waals surface area contributed by atoms with E-state index in [9.17, 15) is 9.59 Å².